The smallest absolute Gasteiger partial charge is 0.744 e. The Balaban J connectivity index is 0.0000137. The van der Waals surface area contributed by atoms with Gasteiger partial charge in [0.2, 0.25) is 11.7 Å². The van der Waals surface area contributed by atoms with Gasteiger partial charge in [-0.2, -0.15) is 65.9 Å². The summed E-state index contributed by atoms with van der Waals surface area (Å²) < 4.78 is 258. The van der Waals surface area contributed by atoms with Crippen molar-refractivity contribution >= 4 is 10.1 Å². The summed E-state index contributed by atoms with van der Waals surface area (Å²) in [5.74, 6) is -52.0. The zero-order chi connectivity index (χ0) is 29.8. The van der Waals surface area contributed by atoms with Gasteiger partial charge in [-0.15, -0.1) is 0 Å². The quantitative estimate of drug-likeness (QED) is 0.240. The first-order valence-corrected chi connectivity index (χ1v) is 9.55. The third kappa shape index (κ3) is 5.97. The molecule has 0 aliphatic heterocycles. The third-order valence-corrected chi connectivity index (χ3v) is 4.86. The fourth-order valence-electron chi connectivity index (χ4n) is 2.00. The summed E-state index contributed by atoms with van der Waals surface area (Å²) in [6.07, 6.45) is -14.5. The largest absolute Gasteiger partial charge is 1.00 e. The zero-order valence-electron chi connectivity index (χ0n) is 17.3. The summed E-state index contributed by atoms with van der Waals surface area (Å²) in [7, 11) is -5.31. The van der Waals surface area contributed by atoms with E-state index in [1.54, 1.807) is 0 Å². The van der Waals surface area contributed by atoms with Crippen molar-refractivity contribution in [3.63, 3.8) is 0 Å². The second-order valence-corrected chi connectivity index (χ2v) is 7.92. The Morgan fingerprint density at radius 3 is 1.29 bits per heavy atom. The predicted molar refractivity (Wildman–Crippen MR) is 80.0 cm³/mol. The van der Waals surface area contributed by atoms with Crippen LogP contribution in [0.1, 0.15) is 0 Å². The topological polar surface area (TPSA) is 66.4 Å². The molecule has 0 atom stereocenters. The molecule has 1 aromatic carbocycles. The molecule has 214 valence electrons. The van der Waals surface area contributed by atoms with Crippen molar-refractivity contribution in [3.8, 4) is 5.75 Å². The SMILES string of the molecule is O=S(=O)([O-])c1ccc(OC(F)(F)C(F)(F)C(F)(F)C(F)(F)/C(F)=C(\F)C(F)(F)C(F)(F)C(F)(F)F)cc1.[Na+]. The van der Waals surface area contributed by atoms with E-state index >= 15 is 0 Å². The molecule has 0 amide bonds. The molecule has 1 aromatic rings. The molecule has 0 spiro atoms. The fraction of sp³-hybridized carbons (Fsp3) is 0.467. The van der Waals surface area contributed by atoms with Gasteiger partial charge in [0, 0.05) is 0 Å². The summed E-state index contributed by atoms with van der Waals surface area (Å²) in [6.45, 7) is 0. The maximum atomic E-state index is 13.7. The first-order chi connectivity index (χ1) is 16.0. The molecule has 0 heterocycles. The van der Waals surface area contributed by atoms with Crippen LogP contribution >= 0.6 is 0 Å². The molecule has 4 nitrogen and oxygen atoms in total. The summed E-state index contributed by atoms with van der Waals surface area (Å²) in [6, 6.07) is -0.130. The van der Waals surface area contributed by atoms with E-state index in [1.165, 1.54) is 0 Å². The van der Waals surface area contributed by atoms with Crippen molar-refractivity contribution in [2.45, 2.75) is 46.8 Å². The van der Waals surface area contributed by atoms with Crippen LogP contribution in [0.4, 0.5) is 74.6 Å². The van der Waals surface area contributed by atoms with Gasteiger partial charge < -0.3 is 9.29 Å². The van der Waals surface area contributed by atoms with E-state index in [-0.39, 0.29) is 53.8 Å². The van der Waals surface area contributed by atoms with Gasteiger partial charge in [-0.1, -0.05) is 0 Å². The van der Waals surface area contributed by atoms with E-state index < -0.39 is 74.3 Å². The van der Waals surface area contributed by atoms with Gasteiger partial charge >= 0.3 is 71.5 Å². The molecule has 1 rings (SSSR count). The number of allylic oxidation sites excluding steroid dienone is 2. The van der Waals surface area contributed by atoms with Crippen molar-refractivity contribution in [1.82, 2.24) is 0 Å². The van der Waals surface area contributed by atoms with E-state index in [0.29, 0.717) is 0 Å². The van der Waals surface area contributed by atoms with Gasteiger partial charge in [0.1, 0.15) is 15.9 Å². The normalized spacial score (nSPS) is 15.5. The summed E-state index contributed by atoms with van der Waals surface area (Å²) in [5, 5.41) is 0. The van der Waals surface area contributed by atoms with Crippen LogP contribution in [-0.2, 0) is 10.1 Å². The Bertz CT molecular complexity index is 1140. The zero-order valence-corrected chi connectivity index (χ0v) is 20.1. The van der Waals surface area contributed by atoms with E-state index in [0.717, 1.165) is 0 Å². The van der Waals surface area contributed by atoms with E-state index in [2.05, 4.69) is 4.74 Å². The maximum absolute atomic E-state index is 13.7. The van der Waals surface area contributed by atoms with E-state index in [9.17, 15) is 87.6 Å². The van der Waals surface area contributed by atoms with Gasteiger partial charge in [-0.25, -0.2) is 17.2 Å². The van der Waals surface area contributed by atoms with Crippen molar-refractivity contribution < 1.29 is 122 Å². The first-order valence-electron chi connectivity index (χ1n) is 8.15. The van der Waals surface area contributed by atoms with Crippen LogP contribution in [0, 0.1) is 0 Å². The summed E-state index contributed by atoms with van der Waals surface area (Å²) in [4.78, 5) is -1.26. The Morgan fingerprint density at radius 2 is 0.974 bits per heavy atom. The number of hydrogen-bond acceptors (Lipinski definition) is 4. The monoisotopic (exact) mass is 626 g/mol. The molecule has 23 heteroatoms. The van der Waals surface area contributed by atoms with Gasteiger partial charge in [-0.05, 0) is 24.3 Å². The fourth-order valence-corrected chi connectivity index (χ4v) is 2.47. The van der Waals surface area contributed by atoms with Crippen LogP contribution in [0.3, 0.4) is 0 Å². The van der Waals surface area contributed by atoms with Gasteiger partial charge in [0.05, 0.1) is 4.90 Å². The Kier molecular flexibility index (Phi) is 10.0. The summed E-state index contributed by atoms with van der Waals surface area (Å²) in [5.41, 5.74) is 0. The third-order valence-electron chi connectivity index (χ3n) is 4.01. The average molecular weight is 626 g/mol. The molecule has 0 aliphatic rings. The number of hydrogen-bond donors (Lipinski definition) is 0. The van der Waals surface area contributed by atoms with Crippen LogP contribution < -0.4 is 34.3 Å². The van der Waals surface area contributed by atoms with Gasteiger partial charge in [0.15, 0.2) is 0 Å². The number of benzene rings is 1. The van der Waals surface area contributed by atoms with Crippen LogP contribution in [-0.4, -0.2) is 54.9 Å². The Morgan fingerprint density at radius 1 is 0.632 bits per heavy atom. The minimum atomic E-state index is -8.10. The van der Waals surface area contributed by atoms with Gasteiger partial charge in [-0.3, -0.25) is 0 Å². The molecular formula is C15H4F17NaO4S. The van der Waals surface area contributed by atoms with Crippen molar-refractivity contribution in [2.75, 3.05) is 0 Å². The second-order valence-electron chi connectivity index (χ2n) is 6.54. The van der Waals surface area contributed by atoms with Crippen molar-refractivity contribution in [3.05, 3.63) is 35.9 Å². The molecule has 0 saturated carbocycles. The number of rotatable bonds is 9. The average Bonchev–Trinajstić information content (AvgIpc) is 2.70. The molecule has 0 radical (unpaired) electrons. The molecule has 0 aliphatic carbocycles. The molecule has 0 unspecified atom stereocenters. The Labute approximate surface area is 220 Å². The minimum absolute atomic E-state index is 0. The number of alkyl halides is 15. The number of ether oxygens (including phenoxy) is 1. The molecule has 0 bridgehead atoms. The standard InChI is InChI=1S/C15H5F17O4S.Na/c16-7(8(17)10(20,21)12(24,25)14(28,29)30)9(18,19)11(22,23)13(26,27)15(31,32)36-5-1-3-6(4-2-5)37(33,34)35;/h1-4H,(H,33,34,35);/q;+1/p-1/b8-7+;. The molecular weight excluding hydrogens is 622 g/mol. The van der Waals surface area contributed by atoms with Gasteiger partial charge in [0.25, 0.3) is 0 Å². The molecule has 0 saturated heterocycles. The second kappa shape index (κ2) is 10.5. The Hall–Kier alpha value is -1.52. The van der Waals surface area contributed by atoms with E-state index in [1.807, 2.05) is 0 Å². The van der Waals surface area contributed by atoms with Crippen LogP contribution in [0.25, 0.3) is 0 Å². The predicted octanol–water partition coefficient (Wildman–Crippen LogP) is 3.46. The first kappa shape index (κ1) is 36.5. The van der Waals surface area contributed by atoms with Crippen molar-refractivity contribution in [1.29, 1.82) is 0 Å². The van der Waals surface area contributed by atoms with Crippen molar-refractivity contribution in [2.24, 2.45) is 0 Å². The minimum Gasteiger partial charge on any atom is -0.744 e. The van der Waals surface area contributed by atoms with E-state index in [4.69, 9.17) is 0 Å². The molecule has 0 N–H and O–H groups in total. The van der Waals surface area contributed by atoms with Crippen LogP contribution in [0.15, 0.2) is 40.8 Å². The molecule has 0 fully saturated rings. The molecule has 38 heavy (non-hydrogen) atoms. The van der Waals surface area contributed by atoms with Crippen LogP contribution in [0.5, 0.6) is 5.75 Å². The number of halogens is 17. The summed E-state index contributed by atoms with van der Waals surface area (Å²) >= 11 is 0. The van der Waals surface area contributed by atoms with Crippen LogP contribution in [0.2, 0.25) is 0 Å². The molecule has 0 aromatic heterocycles. The maximum Gasteiger partial charge on any atom is 1.00 e.